The van der Waals surface area contributed by atoms with Crippen molar-refractivity contribution < 1.29 is 9.90 Å². The fraction of sp³-hybridized carbons (Fsp3) is 0.786. The molecule has 2 aliphatic rings. The highest BCUT2D eigenvalue weighted by atomic mass is 16.3. The molecule has 0 unspecified atom stereocenters. The van der Waals surface area contributed by atoms with Gasteiger partial charge in [-0.25, -0.2) is 0 Å². The van der Waals surface area contributed by atoms with Crippen molar-refractivity contribution >= 4 is 5.78 Å². The lowest BCUT2D eigenvalue weighted by molar-refractivity contribution is -0.124. The maximum atomic E-state index is 11.6. The van der Waals surface area contributed by atoms with Crippen LogP contribution >= 0.6 is 0 Å². The summed E-state index contributed by atoms with van der Waals surface area (Å²) in [6.45, 7) is 6.02. The van der Waals surface area contributed by atoms with Crippen LogP contribution in [-0.4, -0.2) is 17.0 Å². The second kappa shape index (κ2) is 4.33. The Morgan fingerprint density at radius 3 is 2.75 bits per heavy atom. The van der Waals surface area contributed by atoms with Gasteiger partial charge in [0.15, 0.2) is 0 Å². The molecule has 0 bridgehead atoms. The molecule has 0 aromatic carbocycles. The highest BCUT2D eigenvalue weighted by Gasteiger charge is 2.38. The smallest absolute Gasteiger partial charge is 0.135 e. The average Bonchev–Trinajstić information content (AvgIpc) is 2.49. The summed E-state index contributed by atoms with van der Waals surface area (Å²) in [5, 5.41) is 10.1. The second-order valence-electron chi connectivity index (χ2n) is 5.65. The molecule has 2 rings (SSSR count). The molecule has 1 saturated carbocycles. The van der Waals surface area contributed by atoms with E-state index in [-0.39, 0.29) is 11.7 Å². The zero-order chi connectivity index (χ0) is 11.9. The first kappa shape index (κ1) is 11.8. The van der Waals surface area contributed by atoms with Crippen molar-refractivity contribution in [3.8, 4) is 0 Å². The normalized spacial score (nSPS) is 39.5. The summed E-state index contributed by atoms with van der Waals surface area (Å²) in [4.78, 5) is 11.6. The number of Topliss-reactive ketones (excluding diaryl/α,β-unsaturated/α-hetero) is 1. The summed E-state index contributed by atoms with van der Waals surface area (Å²) in [5.74, 6) is 1.13. The number of hydrogen-bond donors (Lipinski definition) is 1. The molecule has 0 radical (unpaired) electrons. The Kier molecular flexibility index (Phi) is 3.20. The van der Waals surface area contributed by atoms with E-state index in [2.05, 4.69) is 13.8 Å². The fourth-order valence-corrected chi connectivity index (χ4v) is 3.47. The van der Waals surface area contributed by atoms with E-state index in [0.717, 1.165) is 12.8 Å². The standard InChI is InChI=1S/C14H22O2/c1-8-4-5-11-9(2)6-14(16)13(10(3)15)7-12(8)11/h9,11,13-14,16H,4-7H2,1-3H3/t9-,11-,13-,14-/m0/s1. The predicted octanol–water partition coefficient (Wildman–Crippen LogP) is 2.71. The zero-order valence-electron chi connectivity index (χ0n) is 10.5. The number of fused-ring (bicyclic) bond motifs is 1. The van der Waals surface area contributed by atoms with Gasteiger partial charge in [-0.05, 0) is 51.4 Å². The Morgan fingerprint density at radius 2 is 2.12 bits per heavy atom. The van der Waals surface area contributed by atoms with Gasteiger partial charge in [-0.3, -0.25) is 4.79 Å². The third kappa shape index (κ3) is 1.95. The average molecular weight is 222 g/mol. The number of carbonyl (C=O) groups excluding carboxylic acids is 1. The molecular weight excluding hydrogens is 200 g/mol. The predicted molar refractivity (Wildman–Crippen MR) is 64.0 cm³/mol. The molecule has 16 heavy (non-hydrogen) atoms. The quantitative estimate of drug-likeness (QED) is 0.693. The van der Waals surface area contributed by atoms with Crippen molar-refractivity contribution in [3.05, 3.63) is 11.1 Å². The Balaban J connectivity index is 2.29. The van der Waals surface area contributed by atoms with Crippen LogP contribution in [0.15, 0.2) is 11.1 Å². The summed E-state index contributed by atoms with van der Waals surface area (Å²) in [6.07, 6.45) is 3.56. The first-order valence-electron chi connectivity index (χ1n) is 6.37. The van der Waals surface area contributed by atoms with E-state index in [0.29, 0.717) is 11.8 Å². The van der Waals surface area contributed by atoms with Crippen LogP contribution in [-0.2, 0) is 4.79 Å². The van der Waals surface area contributed by atoms with E-state index in [1.165, 1.54) is 24.0 Å². The molecule has 0 saturated heterocycles. The van der Waals surface area contributed by atoms with Crippen LogP contribution in [0.2, 0.25) is 0 Å². The monoisotopic (exact) mass is 222 g/mol. The topological polar surface area (TPSA) is 37.3 Å². The third-order valence-electron chi connectivity index (χ3n) is 4.55. The first-order valence-corrected chi connectivity index (χ1v) is 6.37. The van der Waals surface area contributed by atoms with Gasteiger partial charge in [-0.2, -0.15) is 0 Å². The minimum Gasteiger partial charge on any atom is -0.392 e. The number of carbonyl (C=O) groups is 1. The van der Waals surface area contributed by atoms with Crippen LogP contribution in [0.3, 0.4) is 0 Å². The largest absolute Gasteiger partial charge is 0.392 e. The lowest BCUT2D eigenvalue weighted by Crippen LogP contribution is -2.26. The van der Waals surface area contributed by atoms with Crippen molar-refractivity contribution in [1.29, 1.82) is 0 Å². The van der Waals surface area contributed by atoms with Gasteiger partial charge in [0.05, 0.1) is 6.10 Å². The number of hydrogen-bond acceptors (Lipinski definition) is 2. The number of rotatable bonds is 1. The van der Waals surface area contributed by atoms with Crippen molar-refractivity contribution in [3.63, 3.8) is 0 Å². The van der Waals surface area contributed by atoms with Crippen LogP contribution in [0.5, 0.6) is 0 Å². The third-order valence-corrected chi connectivity index (χ3v) is 4.55. The van der Waals surface area contributed by atoms with Crippen LogP contribution in [0.1, 0.15) is 46.5 Å². The second-order valence-corrected chi connectivity index (χ2v) is 5.65. The molecule has 1 fully saturated rings. The van der Waals surface area contributed by atoms with Crippen LogP contribution in [0.25, 0.3) is 0 Å². The molecular formula is C14H22O2. The molecule has 1 N–H and O–H groups in total. The molecule has 0 aromatic rings. The molecule has 2 heteroatoms. The summed E-state index contributed by atoms with van der Waals surface area (Å²) < 4.78 is 0. The molecule has 0 heterocycles. The highest BCUT2D eigenvalue weighted by Crippen LogP contribution is 2.45. The van der Waals surface area contributed by atoms with Gasteiger partial charge in [0.2, 0.25) is 0 Å². The first-order chi connectivity index (χ1) is 7.50. The molecule has 2 aliphatic carbocycles. The Bertz CT molecular complexity index is 330. The van der Waals surface area contributed by atoms with Gasteiger partial charge in [0.1, 0.15) is 5.78 Å². The van der Waals surface area contributed by atoms with E-state index in [9.17, 15) is 9.90 Å². The minimum atomic E-state index is -0.432. The lowest BCUT2D eigenvalue weighted by atomic mass is 9.86. The molecule has 0 aromatic heterocycles. The van der Waals surface area contributed by atoms with Gasteiger partial charge < -0.3 is 5.11 Å². The lowest BCUT2D eigenvalue weighted by Gasteiger charge is -2.20. The number of aliphatic hydroxyl groups is 1. The Morgan fingerprint density at radius 1 is 1.44 bits per heavy atom. The van der Waals surface area contributed by atoms with E-state index >= 15 is 0 Å². The van der Waals surface area contributed by atoms with Crippen molar-refractivity contribution in [2.75, 3.05) is 0 Å². The van der Waals surface area contributed by atoms with E-state index in [1.807, 2.05) is 0 Å². The van der Waals surface area contributed by atoms with E-state index < -0.39 is 6.10 Å². The molecule has 0 spiro atoms. The van der Waals surface area contributed by atoms with Crippen LogP contribution in [0.4, 0.5) is 0 Å². The van der Waals surface area contributed by atoms with Crippen LogP contribution in [0, 0.1) is 17.8 Å². The van der Waals surface area contributed by atoms with Crippen LogP contribution < -0.4 is 0 Å². The molecule has 4 atom stereocenters. The summed E-state index contributed by atoms with van der Waals surface area (Å²) in [7, 11) is 0. The van der Waals surface area contributed by atoms with Gasteiger partial charge in [0, 0.05) is 5.92 Å². The molecule has 90 valence electrons. The Labute approximate surface area is 97.7 Å². The van der Waals surface area contributed by atoms with Gasteiger partial charge >= 0.3 is 0 Å². The Hall–Kier alpha value is -0.630. The van der Waals surface area contributed by atoms with E-state index in [4.69, 9.17) is 0 Å². The van der Waals surface area contributed by atoms with Crippen molar-refractivity contribution in [2.24, 2.45) is 17.8 Å². The van der Waals surface area contributed by atoms with Crippen molar-refractivity contribution in [2.45, 2.75) is 52.6 Å². The molecule has 0 amide bonds. The highest BCUT2D eigenvalue weighted by molar-refractivity contribution is 5.79. The minimum absolute atomic E-state index is 0.146. The van der Waals surface area contributed by atoms with Gasteiger partial charge in [-0.15, -0.1) is 0 Å². The fourth-order valence-electron chi connectivity index (χ4n) is 3.47. The molecule has 2 nitrogen and oxygen atoms in total. The summed E-state index contributed by atoms with van der Waals surface area (Å²) in [6, 6.07) is 0. The number of aliphatic hydroxyl groups excluding tert-OH is 1. The number of ketones is 1. The molecule has 0 aliphatic heterocycles. The summed E-state index contributed by atoms with van der Waals surface area (Å²) >= 11 is 0. The summed E-state index contributed by atoms with van der Waals surface area (Å²) in [5.41, 5.74) is 2.95. The van der Waals surface area contributed by atoms with Crippen molar-refractivity contribution in [1.82, 2.24) is 0 Å². The zero-order valence-corrected chi connectivity index (χ0v) is 10.5. The van der Waals surface area contributed by atoms with Gasteiger partial charge in [-0.1, -0.05) is 18.1 Å². The van der Waals surface area contributed by atoms with Gasteiger partial charge in [0.25, 0.3) is 0 Å². The number of allylic oxidation sites excluding steroid dienone is 2. The van der Waals surface area contributed by atoms with E-state index in [1.54, 1.807) is 6.92 Å². The maximum absolute atomic E-state index is 11.6. The SMILES string of the molecule is CC(=O)[C@@H]1CC2=C(C)CC[C@H]2[C@@H](C)C[C@@H]1O. The maximum Gasteiger partial charge on any atom is 0.135 e.